The molecule has 1 amide bonds. The van der Waals surface area contributed by atoms with Crippen molar-refractivity contribution in [3.05, 3.63) is 71.2 Å². The van der Waals surface area contributed by atoms with Gasteiger partial charge >= 0.3 is 0 Å². The van der Waals surface area contributed by atoms with Gasteiger partial charge in [-0.1, -0.05) is 31.9 Å². The zero-order valence-electron chi connectivity index (χ0n) is 21.8. The van der Waals surface area contributed by atoms with Gasteiger partial charge < -0.3 is 14.4 Å². The molecule has 3 aromatic rings. The minimum Gasteiger partial charge on any atom is -0.439 e. The molecule has 0 bridgehead atoms. The Balaban J connectivity index is 1.55. The van der Waals surface area contributed by atoms with E-state index >= 15 is 0 Å². The number of aryl methyl sites for hydroxylation is 2. The highest BCUT2D eigenvalue weighted by Crippen LogP contribution is 2.34. The molecule has 0 radical (unpaired) electrons. The van der Waals surface area contributed by atoms with Crippen LogP contribution < -0.4 is 4.74 Å². The van der Waals surface area contributed by atoms with Crippen LogP contribution >= 0.6 is 0 Å². The third kappa shape index (κ3) is 5.87. The van der Waals surface area contributed by atoms with Crippen molar-refractivity contribution in [1.29, 1.82) is 0 Å². The number of carbonyl (C=O) groups excluding carboxylic acids is 1. The zero-order chi connectivity index (χ0) is 25.8. The van der Waals surface area contributed by atoms with Crippen LogP contribution in [0.1, 0.15) is 62.3 Å². The average Bonchev–Trinajstić information content (AvgIpc) is 3.67. The van der Waals surface area contributed by atoms with Crippen molar-refractivity contribution in [3.63, 3.8) is 0 Å². The number of ether oxygens (including phenoxy) is 2. The smallest absolute Gasteiger partial charge is 0.227 e. The van der Waals surface area contributed by atoms with E-state index in [0.717, 1.165) is 62.0 Å². The second kappa shape index (κ2) is 11.5. The van der Waals surface area contributed by atoms with Crippen LogP contribution in [-0.4, -0.2) is 39.8 Å². The van der Waals surface area contributed by atoms with E-state index in [1.165, 1.54) is 12.1 Å². The summed E-state index contributed by atoms with van der Waals surface area (Å²) in [7, 11) is 0. The van der Waals surface area contributed by atoms with Crippen molar-refractivity contribution in [2.75, 3.05) is 13.2 Å². The number of aromatic nitrogens is 2. The fourth-order valence-corrected chi connectivity index (χ4v) is 5.46. The predicted molar refractivity (Wildman–Crippen MR) is 141 cm³/mol. The molecular weight excluding hydrogens is 469 g/mol. The Labute approximate surface area is 218 Å². The van der Waals surface area contributed by atoms with Gasteiger partial charge in [0.25, 0.3) is 0 Å². The fraction of sp³-hybridized carbons (Fsp3) is 0.467. The van der Waals surface area contributed by atoms with Crippen LogP contribution in [0.2, 0.25) is 0 Å². The number of carbonyl (C=O) groups is 1. The van der Waals surface area contributed by atoms with Crippen molar-refractivity contribution in [1.82, 2.24) is 14.7 Å². The Morgan fingerprint density at radius 1 is 1.14 bits per heavy atom. The molecular formula is C30H36FN3O3. The SMILES string of the molecule is CCc1nn(-c2ccc(F)cc2)c(Oc2cccc(C)c2)c1CN(C[C@H]1CCCO1)C(=O)C1CCCC1. The lowest BCUT2D eigenvalue weighted by atomic mass is 10.0. The molecule has 2 fully saturated rings. The Bertz CT molecular complexity index is 1210. The van der Waals surface area contributed by atoms with Gasteiger partial charge in [0.05, 0.1) is 29.6 Å². The van der Waals surface area contributed by atoms with E-state index in [2.05, 4.69) is 6.92 Å². The monoisotopic (exact) mass is 505 g/mol. The lowest BCUT2D eigenvalue weighted by Crippen LogP contribution is -2.40. The van der Waals surface area contributed by atoms with Gasteiger partial charge in [0.15, 0.2) is 0 Å². The number of hydrogen-bond donors (Lipinski definition) is 0. The largest absolute Gasteiger partial charge is 0.439 e. The van der Waals surface area contributed by atoms with Crippen molar-refractivity contribution in [3.8, 4) is 17.3 Å². The van der Waals surface area contributed by atoms with Gasteiger partial charge in [-0.3, -0.25) is 4.79 Å². The maximum absolute atomic E-state index is 13.7. The summed E-state index contributed by atoms with van der Waals surface area (Å²) >= 11 is 0. The van der Waals surface area contributed by atoms with Crippen molar-refractivity contribution >= 4 is 5.91 Å². The summed E-state index contributed by atoms with van der Waals surface area (Å²) in [5, 5.41) is 4.89. The summed E-state index contributed by atoms with van der Waals surface area (Å²) in [6, 6.07) is 14.1. The van der Waals surface area contributed by atoms with E-state index in [4.69, 9.17) is 14.6 Å². The maximum atomic E-state index is 13.7. The van der Waals surface area contributed by atoms with Crippen molar-refractivity contribution in [2.24, 2.45) is 5.92 Å². The quantitative estimate of drug-likeness (QED) is 0.339. The fourth-order valence-electron chi connectivity index (χ4n) is 5.46. The van der Waals surface area contributed by atoms with Crippen LogP contribution in [0.15, 0.2) is 48.5 Å². The standard InChI is InChI=1S/C30H36FN3O3/c1-3-28-27(20-33(19-26-12-7-17-36-26)29(35)22-9-4-5-10-22)30(37-25-11-6-8-21(2)18-25)34(32-28)24-15-13-23(31)14-16-24/h6,8,11,13-16,18,22,26H,3-5,7,9-10,12,17,19-20H2,1-2H3/t26-/m1/s1. The average molecular weight is 506 g/mol. The van der Waals surface area contributed by atoms with Crippen LogP contribution in [0.5, 0.6) is 11.6 Å². The van der Waals surface area contributed by atoms with E-state index in [0.29, 0.717) is 36.8 Å². The molecule has 5 rings (SSSR count). The molecule has 0 spiro atoms. The van der Waals surface area contributed by atoms with Crippen LogP contribution in [-0.2, 0) is 22.5 Å². The molecule has 1 saturated carbocycles. The molecule has 1 atom stereocenters. The van der Waals surface area contributed by atoms with E-state index in [1.807, 2.05) is 36.1 Å². The van der Waals surface area contributed by atoms with E-state index in [-0.39, 0.29) is 23.7 Å². The molecule has 1 saturated heterocycles. The number of rotatable bonds is 9. The molecule has 2 heterocycles. The first-order chi connectivity index (χ1) is 18.0. The summed E-state index contributed by atoms with van der Waals surface area (Å²) in [6.07, 6.45) is 6.84. The van der Waals surface area contributed by atoms with E-state index < -0.39 is 0 Å². The number of halogens is 1. The predicted octanol–water partition coefficient (Wildman–Crippen LogP) is 6.37. The van der Waals surface area contributed by atoms with E-state index in [9.17, 15) is 9.18 Å². The lowest BCUT2D eigenvalue weighted by Gasteiger charge is -2.28. The Kier molecular flexibility index (Phi) is 7.89. The van der Waals surface area contributed by atoms with Gasteiger partial charge in [0, 0.05) is 19.1 Å². The Morgan fingerprint density at radius 2 is 1.92 bits per heavy atom. The number of amides is 1. The van der Waals surface area contributed by atoms with Gasteiger partial charge in [0.2, 0.25) is 11.8 Å². The maximum Gasteiger partial charge on any atom is 0.227 e. The molecule has 196 valence electrons. The van der Waals surface area contributed by atoms with Crippen LogP contribution in [0.4, 0.5) is 4.39 Å². The highest BCUT2D eigenvalue weighted by Gasteiger charge is 2.32. The number of hydrogen-bond acceptors (Lipinski definition) is 4. The molecule has 1 aliphatic heterocycles. The number of benzene rings is 2. The first kappa shape index (κ1) is 25.5. The third-order valence-corrected chi connectivity index (χ3v) is 7.44. The Morgan fingerprint density at radius 3 is 2.59 bits per heavy atom. The normalized spacial score (nSPS) is 17.9. The molecule has 37 heavy (non-hydrogen) atoms. The Hall–Kier alpha value is -3.19. The third-order valence-electron chi connectivity index (χ3n) is 7.44. The highest BCUT2D eigenvalue weighted by atomic mass is 19.1. The minimum atomic E-state index is -0.308. The summed E-state index contributed by atoms with van der Waals surface area (Å²) in [5.41, 5.74) is 3.54. The summed E-state index contributed by atoms with van der Waals surface area (Å²) < 4.78 is 27.9. The topological polar surface area (TPSA) is 56.6 Å². The van der Waals surface area contributed by atoms with Gasteiger partial charge in [-0.15, -0.1) is 0 Å². The minimum absolute atomic E-state index is 0.0590. The second-order valence-corrected chi connectivity index (χ2v) is 10.2. The zero-order valence-corrected chi connectivity index (χ0v) is 21.8. The first-order valence-corrected chi connectivity index (χ1v) is 13.5. The molecule has 6 nitrogen and oxygen atoms in total. The van der Waals surface area contributed by atoms with E-state index in [1.54, 1.807) is 16.8 Å². The lowest BCUT2D eigenvalue weighted by molar-refractivity contribution is -0.137. The van der Waals surface area contributed by atoms with Crippen molar-refractivity contribution in [2.45, 2.75) is 71.4 Å². The summed E-state index contributed by atoms with van der Waals surface area (Å²) in [5.74, 6) is 1.22. The van der Waals surface area contributed by atoms with Crippen molar-refractivity contribution < 1.29 is 18.7 Å². The van der Waals surface area contributed by atoms with Gasteiger partial charge in [-0.05, 0) is 81.0 Å². The molecule has 0 N–H and O–H groups in total. The van der Waals surface area contributed by atoms with Gasteiger partial charge in [-0.2, -0.15) is 5.10 Å². The summed E-state index contributed by atoms with van der Waals surface area (Å²) in [6.45, 7) is 5.80. The first-order valence-electron chi connectivity index (χ1n) is 13.5. The molecule has 1 aromatic heterocycles. The van der Waals surface area contributed by atoms with Gasteiger partial charge in [-0.25, -0.2) is 9.07 Å². The van der Waals surface area contributed by atoms with Crippen LogP contribution in [0, 0.1) is 18.7 Å². The van der Waals surface area contributed by atoms with Crippen LogP contribution in [0.3, 0.4) is 0 Å². The molecule has 7 heteroatoms. The second-order valence-electron chi connectivity index (χ2n) is 10.2. The molecule has 1 aliphatic carbocycles. The highest BCUT2D eigenvalue weighted by molar-refractivity contribution is 5.79. The number of nitrogens with zero attached hydrogens (tertiary/aromatic N) is 3. The van der Waals surface area contributed by atoms with Gasteiger partial charge in [0.1, 0.15) is 11.6 Å². The molecule has 0 unspecified atom stereocenters. The molecule has 2 aromatic carbocycles. The van der Waals surface area contributed by atoms with Crippen LogP contribution in [0.25, 0.3) is 5.69 Å². The summed E-state index contributed by atoms with van der Waals surface area (Å²) in [4.78, 5) is 15.7. The molecule has 2 aliphatic rings.